The highest BCUT2D eigenvalue weighted by Crippen LogP contribution is 2.17. The third kappa shape index (κ3) is 5.34. The number of anilines is 2. The minimum absolute atomic E-state index is 0.0734. The zero-order valence-electron chi connectivity index (χ0n) is 14.6. The molecule has 1 saturated heterocycles. The molecule has 2 aromatic rings. The number of carbonyl (C=O) groups excluding carboxylic acids is 2. The molecule has 2 N–H and O–H groups in total. The van der Waals surface area contributed by atoms with E-state index in [1.165, 1.54) is 12.1 Å². The van der Waals surface area contributed by atoms with Crippen molar-refractivity contribution < 1.29 is 14.0 Å². The standard InChI is InChI=1S/C19H20ClFN4O2/c20-14-1-5-16(6-2-14)23-19(27)22-13-18(26)25-11-9-24(10-12-25)17-7-3-15(21)4-8-17/h1-8H,9-13H2,(H2,22,23,27). The van der Waals surface area contributed by atoms with Gasteiger partial charge < -0.3 is 20.4 Å². The van der Waals surface area contributed by atoms with Crippen molar-refractivity contribution in [1.82, 2.24) is 10.2 Å². The Morgan fingerprint density at radius 1 is 0.963 bits per heavy atom. The van der Waals surface area contributed by atoms with Crippen molar-refractivity contribution in [2.24, 2.45) is 0 Å². The van der Waals surface area contributed by atoms with Crippen molar-refractivity contribution in [1.29, 1.82) is 0 Å². The van der Waals surface area contributed by atoms with Crippen molar-refractivity contribution in [3.05, 3.63) is 59.4 Å². The third-order valence-corrected chi connectivity index (χ3v) is 4.58. The fraction of sp³-hybridized carbons (Fsp3) is 0.263. The molecule has 3 rings (SSSR count). The summed E-state index contributed by atoms with van der Waals surface area (Å²) in [5, 5.41) is 5.78. The number of nitrogens with zero attached hydrogens (tertiary/aromatic N) is 2. The Balaban J connectivity index is 1.42. The predicted octanol–water partition coefficient (Wildman–Crippen LogP) is 2.95. The molecule has 0 bridgehead atoms. The van der Waals surface area contributed by atoms with Crippen molar-refractivity contribution in [2.45, 2.75) is 0 Å². The Labute approximate surface area is 161 Å². The van der Waals surface area contributed by atoms with Gasteiger partial charge in [0.1, 0.15) is 5.82 Å². The molecule has 0 spiro atoms. The van der Waals surface area contributed by atoms with Crippen molar-refractivity contribution in [3.8, 4) is 0 Å². The van der Waals surface area contributed by atoms with E-state index in [1.807, 2.05) is 0 Å². The molecule has 27 heavy (non-hydrogen) atoms. The number of hydrogen-bond donors (Lipinski definition) is 2. The highest BCUT2D eigenvalue weighted by molar-refractivity contribution is 6.30. The molecule has 0 radical (unpaired) electrons. The molecule has 0 aliphatic carbocycles. The van der Waals surface area contributed by atoms with Crippen LogP contribution in [0.15, 0.2) is 48.5 Å². The monoisotopic (exact) mass is 390 g/mol. The van der Waals surface area contributed by atoms with Crippen LogP contribution < -0.4 is 15.5 Å². The lowest BCUT2D eigenvalue weighted by Crippen LogP contribution is -2.51. The summed E-state index contributed by atoms with van der Waals surface area (Å²) < 4.78 is 13.0. The summed E-state index contributed by atoms with van der Waals surface area (Å²) in [5.41, 5.74) is 1.53. The van der Waals surface area contributed by atoms with E-state index in [9.17, 15) is 14.0 Å². The molecule has 0 unspecified atom stereocenters. The quantitative estimate of drug-likeness (QED) is 0.843. The summed E-state index contributed by atoms with van der Waals surface area (Å²) in [6.45, 7) is 2.35. The van der Waals surface area contributed by atoms with Crippen molar-refractivity contribution in [3.63, 3.8) is 0 Å². The summed E-state index contributed by atoms with van der Waals surface area (Å²) >= 11 is 5.79. The smallest absolute Gasteiger partial charge is 0.319 e. The first-order chi connectivity index (χ1) is 13.0. The topological polar surface area (TPSA) is 64.7 Å². The number of benzene rings is 2. The van der Waals surface area contributed by atoms with Gasteiger partial charge in [0.25, 0.3) is 0 Å². The van der Waals surface area contributed by atoms with E-state index in [0.29, 0.717) is 36.9 Å². The molecule has 3 amide bonds. The summed E-state index contributed by atoms with van der Waals surface area (Å²) in [6.07, 6.45) is 0. The highest BCUT2D eigenvalue weighted by atomic mass is 35.5. The molecule has 142 valence electrons. The van der Waals surface area contributed by atoms with E-state index in [0.717, 1.165) is 5.69 Å². The van der Waals surface area contributed by atoms with Gasteiger partial charge in [-0.3, -0.25) is 4.79 Å². The van der Waals surface area contributed by atoms with Gasteiger partial charge in [-0.05, 0) is 48.5 Å². The molecule has 8 heteroatoms. The van der Waals surface area contributed by atoms with Crippen LogP contribution in [-0.4, -0.2) is 49.6 Å². The minimum Gasteiger partial charge on any atom is -0.368 e. The van der Waals surface area contributed by atoms with Crippen LogP contribution in [0, 0.1) is 5.82 Å². The molecule has 6 nitrogen and oxygen atoms in total. The van der Waals surface area contributed by atoms with Gasteiger partial charge in [0.15, 0.2) is 0 Å². The minimum atomic E-state index is -0.448. The van der Waals surface area contributed by atoms with Crippen LogP contribution >= 0.6 is 11.6 Å². The predicted molar refractivity (Wildman–Crippen MR) is 104 cm³/mol. The lowest BCUT2D eigenvalue weighted by Gasteiger charge is -2.36. The first kappa shape index (κ1) is 19.0. The average Bonchev–Trinajstić information content (AvgIpc) is 2.69. The zero-order valence-corrected chi connectivity index (χ0v) is 15.4. The average molecular weight is 391 g/mol. The normalized spacial score (nSPS) is 14.0. The Bertz CT molecular complexity index is 790. The molecule has 1 aliphatic rings. The first-order valence-electron chi connectivity index (χ1n) is 8.60. The van der Waals surface area contributed by atoms with Gasteiger partial charge >= 0.3 is 6.03 Å². The van der Waals surface area contributed by atoms with Crippen LogP contribution in [0.3, 0.4) is 0 Å². The molecule has 0 atom stereocenters. The van der Waals surface area contributed by atoms with Crippen molar-refractivity contribution >= 4 is 34.9 Å². The van der Waals surface area contributed by atoms with Crippen LogP contribution in [-0.2, 0) is 4.79 Å². The molecule has 1 heterocycles. The maximum absolute atomic E-state index is 13.0. The van der Waals surface area contributed by atoms with Gasteiger partial charge in [0.05, 0.1) is 6.54 Å². The second kappa shape index (κ2) is 8.73. The van der Waals surface area contributed by atoms with Gasteiger partial charge in [-0.15, -0.1) is 0 Å². The van der Waals surface area contributed by atoms with Crippen LogP contribution in [0.2, 0.25) is 5.02 Å². The summed E-state index contributed by atoms with van der Waals surface area (Å²) in [6, 6.07) is 12.6. The maximum atomic E-state index is 13.0. The van der Waals surface area contributed by atoms with E-state index in [2.05, 4.69) is 15.5 Å². The molecule has 0 saturated carbocycles. The zero-order chi connectivity index (χ0) is 19.2. The van der Waals surface area contributed by atoms with E-state index >= 15 is 0 Å². The molecule has 1 fully saturated rings. The molecule has 1 aliphatic heterocycles. The maximum Gasteiger partial charge on any atom is 0.319 e. The number of halogens is 2. The van der Waals surface area contributed by atoms with E-state index in [4.69, 9.17) is 11.6 Å². The van der Waals surface area contributed by atoms with Crippen LogP contribution in [0.5, 0.6) is 0 Å². The number of hydrogen-bond acceptors (Lipinski definition) is 3. The second-order valence-electron chi connectivity index (χ2n) is 6.16. The summed E-state index contributed by atoms with van der Waals surface area (Å²) in [7, 11) is 0. The van der Waals surface area contributed by atoms with Crippen LogP contribution in [0.4, 0.5) is 20.6 Å². The van der Waals surface area contributed by atoms with Crippen molar-refractivity contribution in [2.75, 3.05) is 42.9 Å². The van der Waals surface area contributed by atoms with E-state index < -0.39 is 6.03 Å². The summed E-state index contributed by atoms with van der Waals surface area (Å²) in [5.74, 6) is -0.407. The van der Waals surface area contributed by atoms with Crippen LogP contribution in [0.1, 0.15) is 0 Å². The van der Waals surface area contributed by atoms with Gasteiger partial charge in [0, 0.05) is 42.6 Å². The summed E-state index contributed by atoms with van der Waals surface area (Å²) in [4.78, 5) is 28.0. The Morgan fingerprint density at radius 2 is 1.59 bits per heavy atom. The van der Waals surface area contributed by atoms with E-state index in [1.54, 1.807) is 41.3 Å². The first-order valence-corrected chi connectivity index (χ1v) is 8.98. The lowest BCUT2D eigenvalue weighted by molar-refractivity contribution is -0.130. The fourth-order valence-electron chi connectivity index (χ4n) is 2.84. The Kier molecular flexibility index (Phi) is 6.13. The fourth-order valence-corrected chi connectivity index (χ4v) is 2.97. The number of amides is 3. The van der Waals surface area contributed by atoms with Gasteiger partial charge in [-0.25, -0.2) is 9.18 Å². The molecular formula is C19H20ClFN4O2. The third-order valence-electron chi connectivity index (χ3n) is 4.33. The lowest BCUT2D eigenvalue weighted by atomic mass is 10.2. The molecule has 0 aromatic heterocycles. The Morgan fingerprint density at radius 3 is 2.22 bits per heavy atom. The van der Waals surface area contributed by atoms with E-state index in [-0.39, 0.29) is 18.3 Å². The van der Waals surface area contributed by atoms with Gasteiger partial charge in [-0.2, -0.15) is 0 Å². The molecule has 2 aromatic carbocycles. The van der Waals surface area contributed by atoms with Gasteiger partial charge in [-0.1, -0.05) is 11.6 Å². The SMILES string of the molecule is O=C(NCC(=O)N1CCN(c2ccc(F)cc2)CC1)Nc1ccc(Cl)cc1. The number of rotatable bonds is 4. The van der Waals surface area contributed by atoms with Crippen LogP contribution in [0.25, 0.3) is 0 Å². The largest absolute Gasteiger partial charge is 0.368 e. The Hall–Kier alpha value is -2.80. The molecular weight excluding hydrogens is 371 g/mol. The highest BCUT2D eigenvalue weighted by Gasteiger charge is 2.21. The number of nitrogens with one attached hydrogen (secondary N) is 2. The number of piperazine rings is 1. The number of urea groups is 1. The second-order valence-corrected chi connectivity index (χ2v) is 6.60. The van der Waals surface area contributed by atoms with Gasteiger partial charge in [0.2, 0.25) is 5.91 Å². The number of carbonyl (C=O) groups is 2.